The molecule has 11 aromatic carbocycles. The van der Waals surface area contributed by atoms with Crippen molar-refractivity contribution < 1.29 is 8.83 Å². The van der Waals surface area contributed by atoms with Gasteiger partial charge in [-0.1, -0.05) is 109 Å². The van der Waals surface area contributed by atoms with E-state index >= 15 is 0 Å². The number of benzene rings is 11. The van der Waals surface area contributed by atoms with Gasteiger partial charge in [0.05, 0.1) is 55.2 Å². The normalized spacial score (nSPS) is 13.0. The summed E-state index contributed by atoms with van der Waals surface area (Å²) in [5.41, 5.74) is 17.9. The second kappa shape index (κ2) is 12.3. The van der Waals surface area contributed by atoms with Gasteiger partial charge in [0.2, 0.25) is 0 Å². The molecule has 0 N–H and O–H groups in total. The maximum Gasteiger partial charge on any atom is 0.135 e. The van der Waals surface area contributed by atoms with Crippen LogP contribution in [0.15, 0.2) is 215 Å². The zero-order chi connectivity index (χ0) is 46.2. The van der Waals surface area contributed by atoms with Crippen LogP contribution in [0.25, 0.3) is 175 Å². The van der Waals surface area contributed by atoms with Crippen LogP contribution in [0.1, 0.15) is 0 Å². The first-order chi connectivity index (χ1) is 35.7. The summed E-state index contributed by atoms with van der Waals surface area (Å²) in [7, 11) is 0. The van der Waals surface area contributed by atoms with Crippen LogP contribution in [0.2, 0.25) is 0 Å². The molecule has 19 aromatic rings. The van der Waals surface area contributed by atoms with Crippen molar-refractivity contribution in [2.24, 2.45) is 0 Å². The molecule has 0 radical (unpaired) electrons. The van der Waals surface area contributed by atoms with Gasteiger partial charge in [-0.25, -0.2) is 0 Å². The summed E-state index contributed by atoms with van der Waals surface area (Å²) < 4.78 is 22.8. The largest absolute Gasteiger partial charge is 0.456 e. The van der Waals surface area contributed by atoms with E-state index in [-0.39, 0.29) is 0 Å². The monoisotopic (exact) mass is 914 g/mol. The van der Waals surface area contributed by atoms with Crippen LogP contribution in [0, 0.1) is 0 Å². The molecule has 0 fully saturated rings. The standard InChI is InChI=1S/C66H34N4O2/c1-7-19-49-37(13-1)45-32-55-61(41-17-3-9-21-51(41)67(55)35-25-27-59-43(29-35)39-15-5-11-23-57(39)71-59)63-47-31-48-54(34-53(47)69(49)65(45)63)70-50-20-8-2-14-38(50)46-33-56-62(64(48)66(46)70)42-18-4-10-22-52(42)68(56)36-26-28-60-44(30-36)40-16-6-12-24-58(40)72-60/h1-34H. The Morgan fingerprint density at radius 1 is 0.222 bits per heavy atom. The van der Waals surface area contributed by atoms with Crippen molar-refractivity contribution in [3.63, 3.8) is 0 Å². The second-order valence-electron chi connectivity index (χ2n) is 19.9. The first-order valence-electron chi connectivity index (χ1n) is 24.7. The average Bonchev–Trinajstić information content (AvgIpc) is 4.32. The van der Waals surface area contributed by atoms with Crippen molar-refractivity contribution in [3.05, 3.63) is 206 Å². The van der Waals surface area contributed by atoms with Crippen LogP contribution in [-0.2, 0) is 0 Å². The second-order valence-corrected chi connectivity index (χ2v) is 19.9. The summed E-state index contributed by atoms with van der Waals surface area (Å²) in [5.74, 6) is 0. The minimum atomic E-state index is 0.894. The van der Waals surface area contributed by atoms with E-state index in [2.05, 4.69) is 212 Å². The third-order valence-electron chi connectivity index (χ3n) is 16.6. The highest BCUT2D eigenvalue weighted by molar-refractivity contribution is 6.40. The molecular weight excluding hydrogens is 881 g/mol. The fourth-order valence-electron chi connectivity index (χ4n) is 13.8. The summed E-state index contributed by atoms with van der Waals surface area (Å²) >= 11 is 0. The smallest absolute Gasteiger partial charge is 0.135 e. The Morgan fingerprint density at radius 3 is 1.08 bits per heavy atom. The number of nitrogens with zero attached hydrogens (tertiary/aromatic N) is 4. The lowest BCUT2D eigenvalue weighted by Gasteiger charge is -2.09. The highest BCUT2D eigenvalue weighted by Crippen LogP contribution is 2.52. The molecule has 0 unspecified atom stereocenters. The van der Waals surface area contributed by atoms with E-state index in [0.717, 1.165) is 55.3 Å². The predicted octanol–water partition coefficient (Wildman–Crippen LogP) is 18.0. The molecule has 0 bridgehead atoms. The van der Waals surface area contributed by atoms with Gasteiger partial charge >= 0.3 is 0 Å². The van der Waals surface area contributed by atoms with Gasteiger partial charge in [0.1, 0.15) is 22.3 Å². The van der Waals surface area contributed by atoms with Crippen molar-refractivity contribution in [2.45, 2.75) is 0 Å². The van der Waals surface area contributed by atoms with Crippen LogP contribution in [-0.4, -0.2) is 17.9 Å². The third kappa shape index (κ3) is 4.13. The minimum absolute atomic E-state index is 0.894. The van der Waals surface area contributed by atoms with Crippen molar-refractivity contribution in [1.82, 2.24) is 17.9 Å². The maximum atomic E-state index is 6.36. The summed E-state index contributed by atoms with van der Waals surface area (Å²) in [6.45, 7) is 0. The number of fused-ring (bicyclic) bond motifs is 26. The molecule has 6 heteroatoms. The minimum Gasteiger partial charge on any atom is -0.456 e. The fourth-order valence-corrected chi connectivity index (χ4v) is 13.8. The molecule has 72 heavy (non-hydrogen) atoms. The van der Waals surface area contributed by atoms with Crippen molar-refractivity contribution in [3.8, 4) is 11.4 Å². The maximum absolute atomic E-state index is 6.36. The summed E-state index contributed by atoms with van der Waals surface area (Å²) in [4.78, 5) is 0. The highest BCUT2D eigenvalue weighted by atomic mass is 16.3. The van der Waals surface area contributed by atoms with E-state index in [1.807, 2.05) is 12.1 Å². The van der Waals surface area contributed by atoms with Gasteiger partial charge in [0.15, 0.2) is 0 Å². The Hall–Kier alpha value is -9.78. The van der Waals surface area contributed by atoms with E-state index in [0.29, 0.717) is 0 Å². The van der Waals surface area contributed by atoms with E-state index in [4.69, 9.17) is 8.83 Å². The van der Waals surface area contributed by atoms with Crippen molar-refractivity contribution in [2.75, 3.05) is 0 Å². The lowest BCUT2D eigenvalue weighted by atomic mass is 9.99. The summed E-state index contributed by atoms with van der Waals surface area (Å²) in [5, 5.41) is 19.6. The molecular formula is C66H34N4O2. The highest BCUT2D eigenvalue weighted by Gasteiger charge is 2.29. The molecule has 8 aromatic heterocycles. The van der Waals surface area contributed by atoms with E-state index < -0.39 is 0 Å². The van der Waals surface area contributed by atoms with Crippen LogP contribution < -0.4 is 0 Å². The van der Waals surface area contributed by atoms with Crippen LogP contribution in [0.5, 0.6) is 0 Å². The molecule has 0 aliphatic rings. The Morgan fingerprint density at radius 2 is 0.611 bits per heavy atom. The van der Waals surface area contributed by atoms with Gasteiger partial charge in [-0.15, -0.1) is 0 Å². The van der Waals surface area contributed by atoms with E-state index in [9.17, 15) is 0 Å². The first kappa shape index (κ1) is 36.2. The Bertz CT molecular complexity index is 5310. The van der Waals surface area contributed by atoms with Crippen LogP contribution in [0.3, 0.4) is 0 Å². The quantitative estimate of drug-likeness (QED) is 0.173. The Kier molecular flexibility index (Phi) is 6.20. The number of hydrogen-bond donors (Lipinski definition) is 0. The topological polar surface area (TPSA) is 45.0 Å². The van der Waals surface area contributed by atoms with Crippen molar-refractivity contribution in [1.29, 1.82) is 0 Å². The molecule has 8 heterocycles. The first-order valence-corrected chi connectivity index (χ1v) is 24.7. The van der Waals surface area contributed by atoms with Crippen LogP contribution in [0.4, 0.5) is 0 Å². The predicted molar refractivity (Wildman–Crippen MR) is 299 cm³/mol. The molecule has 0 amide bonds. The lowest BCUT2D eigenvalue weighted by molar-refractivity contribution is 0.668. The van der Waals surface area contributed by atoms with Gasteiger partial charge in [0.25, 0.3) is 0 Å². The van der Waals surface area contributed by atoms with Gasteiger partial charge in [-0.3, -0.25) is 0 Å². The number of hydrogen-bond acceptors (Lipinski definition) is 2. The molecule has 19 rings (SSSR count). The number of aromatic nitrogens is 4. The molecule has 0 aliphatic heterocycles. The summed E-state index contributed by atoms with van der Waals surface area (Å²) in [6.07, 6.45) is 0. The third-order valence-corrected chi connectivity index (χ3v) is 16.6. The van der Waals surface area contributed by atoms with E-state index in [1.165, 1.54) is 120 Å². The zero-order valence-corrected chi connectivity index (χ0v) is 38.2. The molecule has 330 valence electrons. The Labute approximate surface area is 406 Å². The molecule has 0 saturated carbocycles. The molecule has 0 saturated heterocycles. The van der Waals surface area contributed by atoms with Gasteiger partial charge < -0.3 is 26.8 Å². The molecule has 0 aliphatic carbocycles. The number of para-hydroxylation sites is 6. The van der Waals surface area contributed by atoms with Gasteiger partial charge in [0, 0.05) is 97.6 Å². The van der Waals surface area contributed by atoms with Gasteiger partial charge in [-0.05, 0) is 97.1 Å². The lowest BCUT2D eigenvalue weighted by Crippen LogP contribution is -1.93. The van der Waals surface area contributed by atoms with Gasteiger partial charge in [-0.2, -0.15) is 0 Å². The number of furan rings is 2. The molecule has 0 atom stereocenters. The van der Waals surface area contributed by atoms with Crippen molar-refractivity contribution >= 4 is 164 Å². The van der Waals surface area contributed by atoms with Crippen LogP contribution >= 0.6 is 0 Å². The SMILES string of the molecule is c1ccc2c(c1)oc1ccc(-n3c4ccccc4c4c5c6cc7c8c9c%10ccccc%10n(-c%10ccc%11oc%12ccccc%12c%11c%10)c9cc9c%10ccccc%10n(c7cc6n6c7ccccc7c(cc43)c56)c98)cc12. The molecule has 6 nitrogen and oxygen atoms in total. The molecule has 0 spiro atoms. The van der Waals surface area contributed by atoms with E-state index in [1.54, 1.807) is 0 Å². The number of rotatable bonds is 2. The summed E-state index contributed by atoms with van der Waals surface area (Å²) in [6, 6.07) is 76.0. The Balaban J connectivity index is 1.01. The zero-order valence-electron chi connectivity index (χ0n) is 38.2. The average molecular weight is 915 g/mol. The fraction of sp³-hybridized carbons (Fsp3) is 0.